The zero-order valence-corrected chi connectivity index (χ0v) is 15.9. The average Bonchev–Trinajstić information content (AvgIpc) is 3.25. The lowest BCUT2D eigenvalue weighted by Crippen LogP contribution is -2.18. The third kappa shape index (κ3) is 4.28. The predicted octanol–water partition coefficient (Wildman–Crippen LogP) is 4.38. The van der Waals surface area contributed by atoms with Gasteiger partial charge in [-0.05, 0) is 62.2 Å². The fraction of sp³-hybridized carbons (Fsp3) is 0.227. The van der Waals surface area contributed by atoms with Crippen LogP contribution >= 0.6 is 0 Å². The average molecular weight is 373 g/mol. The van der Waals surface area contributed by atoms with E-state index in [2.05, 4.69) is 25.5 Å². The molecule has 6 heteroatoms. The van der Waals surface area contributed by atoms with Crippen LogP contribution < -0.4 is 15.5 Å². The number of aryl methyl sites for hydroxylation is 1. The van der Waals surface area contributed by atoms with Gasteiger partial charge in [0.1, 0.15) is 5.69 Å². The number of carbonyl (C=O) groups excluding carboxylic acids is 1. The van der Waals surface area contributed by atoms with Gasteiger partial charge in [0.05, 0.1) is 0 Å². The summed E-state index contributed by atoms with van der Waals surface area (Å²) < 4.78 is 0. The Balaban J connectivity index is 1.42. The third-order valence-electron chi connectivity index (χ3n) is 4.79. The van der Waals surface area contributed by atoms with Crippen LogP contribution in [0.2, 0.25) is 0 Å². The van der Waals surface area contributed by atoms with Gasteiger partial charge >= 0.3 is 0 Å². The zero-order valence-electron chi connectivity index (χ0n) is 15.9. The SMILES string of the molecule is Cc1ccc(Nc2nccc(C(=O)Nc3ccc(N4CCCC4)cc3)n2)cc1. The maximum Gasteiger partial charge on any atom is 0.274 e. The number of rotatable bonds is 5. The van der Waals surface area contributed by atoms with Crippen molar-refractivity contribution in [3.8, 4) is 0 Å². The van der Waals surface area contributed by atoms with Gasteiger partial charge < -0.3 is 15.5 Å². The molecular formula is C22H23N5O. The Hall–Kier alpha value is -3.41. The normalized spacial score (nSPS) is 13.4. The van der Waals surface area contributed by atoms with Crippen molar-refractivity contribution in [2.24, 2.45) is 0 Å². The van der Waals surface area contributed by atoms with Gasteiger partial charge in [0.15, 0.2) is 0 Å². The Morgan fingerprint density at radius 3 is 2.32 bits per heavy atom. The van der Waals surface area contributed by atoms with E-state index in [-0.39, 0.29) is 5.91 Å². The van der Waals surface area contributed by atoms with Gasteiger partial charge in [-0.2, -0.15) is 0 Å². The second-order valence-corrected chi connectivity index (χ2v) is 6.95. The molecule has 1 fully saturated rings. The lowest BCUT2D eigenvalue weighted by Gasteiger charge is -2.17. The number of benzene rings is 2. The smallest absolute Gasteiger partial charge is 0.274 e. The standard InChI is InChI=1S/C22H23N5O/c1-16-4-6-18(7-5-16)25-22-23-13-12-20(26-22)21(28)24-17-8-10-19(11-9-17)27-14-2-3-15-27/h4-13H,2-3,14-15H2,1H3,(H,24,28)(H,23,25,26). The van der Waals surface area contributed by atoms with E-state index in [4.69, 9.17) is 0 Å². The van der Waals surface area contributed by atoms with Gasteiger partial charge in [-0.25, -0.2) is 9.97 Å². The molecule has 6 nitrogen and oxygen atoms in total. The molecule has 28 heavy (non-hydrogen) atoms. The summed E-state index contributed by atoms with van der Waals surface area (Å²) in [4.78, 5) is 23.4. The van der Waals surface area contributed by atoms with Gasteiger partial charge in [0.25, 0.3) is 5.91 Å². The van der Waals surface area contributed by atoms with Gasteiger partial charge in [-0.15, -0.1) is 0 Å². The highest BCUT2D eigenvalue weighted by molar-refractivity contribution is 6.03. The first-order valence-corrected chi connectivity index (χ1v) is 9.50. The molecule has 1 aliphatic heterocycles. The Morgan fingerprint density at radius 2 is 1.61 bits per heavy atom. The Kier molecular flexibility index (Phi) is 5.19. The number of nitrogens with zero attached hydrogens (tertiary/aromatic N) is 3. The fourth-order valence-corrected chi connectivity index (χ4v) is 3.24. The molecule has 0 unspecified atom stereocenters. The van der Waals surface area contributed by atoms with Crippen LogP contribution in [0.5, 0.6) is 0 Å². The van der Waals surface area contributed by atoms with E-state index in [0.29, 0.717) is 11.6 Å². The van der Waals surface area contributed by atoms with Gasteiger partial charge in [0.2, 0.25) is 5.95 Å². The molecule has 0 aliphatic carbocycles. The van der Waals surface area contributed by atoms with E-state index in [9.17, 15) is 4.79 Å². The summed E-state index contributed by atoms with van der Waals surface area (Å²) in [5.74, 6) is 0.129. The minimum absolute atomic E-state index is 0.261. The van der Waals surface area contributed by atoms with Crippen LogP contribution in [0.4, 0.5) is 23.0 Å². The van der Waals surface area contributed by atoms with Gasteiger partial charge in [-0.3, -0.25) is 4.79 Å². The second-order valence-electron chi connectivity index (χ2n) is 6.95. The summed E-state index contributed by atoms with van der Waals surface area (Å²) in [5, 5.41) is 6.02. The van der Waals surface area contributed by atoms with Gasteiger partial charge in [-0.1, -0.05) is 17.7 Å². The molecule has 4 rings (SSSR count). The number of amides is 1. The first kappa shape index (κ1) is 18.0. The van der Waals surface area contributed by atoms with Crippen molar-refractivity contribution in [1.29, 1.82) is 0 Å². The summed E-state index contributed by atoms with van der Waals surface area (Å²) in [7, 11) is 0. The van der Waals surface area contributed by atoms with Crippen molar-refractivity contribution in [2.45, 2.75) is 19.8 Å². The zero-order chi connectivity index (χ0) is 19.3. The van der Waals surface area contributed by atoms with Crippen LogP contribution in [0.1, 0.15) is 28.9 Å². The molecule has 0 atom stereocenters. The summed E-state index contributed by atoms with van der Waals surface area (Å²) >= 11 is 0. The molecule has 1 aliphatic rings. The minimum atomic E-state index is -0.261. The quantitative estimate of drug-likeness (QED) is 0.694. The summed E-state index contributed by atoms with van der Waals surface area (Å²) in [6.07, 6.45) is 4.06. The molecular weight excluding hydrogens is 350 g/mol. The Labute approximate surface area is 164 Å². The van der Waals surface area contributed by atoms with E-state index in [1.54, 1.807) is 12.3 Å². The monoisotopic (exact) mass is 373 g/mol. The van der Waals surface area contributed by atoms with E-state index >= 15 is 0 Å². The lowest BCUT2D eigenvalue weighted by molar-refractivity contribution is 0.102. The molecule has 142 valence electrons. The fourth-order valence-electron chi connectivity index (χ4n) is 3.24. The minimum Gasteiger partial charge on any atom is -0.372 e. The van der Waals surface area contributed by atoms with Crippen LogP contribution in [-0.4, -0.2) is 29.0 Å². The predicted molar refractivity (Wildman–Crippen MR) is 112 cm³/mol. The molecule has 2 aromatic carbocycles. The highest BCUT2D eigenvalue weighted by Gasteiger charge is 2.13. The number of carbonyl (C=O) groups is 1. The first-order chi connectivity index (χ1) is 13.7. The molecule has 0 bridgehead atoms. The molecule has 2 heterocycles. The van der Waals surface area contributed by atoms with E-state index < -0.39 is 0 Å². The first-order valence-electron chi connectivity index (χ1n) is 9.50. The second kappa shape index (κ2) is 8.08. The molecule has 1 amide bonds. The van der Waals surface area contributed by atoms with Crippen LogP contribution in [-0.2, 0) is 0 Å². The highest BCUT2D eigenvalue weighted by atomic mass is 16.1. The van der Waals surface area contributed by atoms with Crippen LogP contribution in [0.25, 0.3) is 0 Å². The summed E-state index contributed by atoms with van der Waals surface area (Å²) in [6, 6.07) is 17.5. The third-order valence-corrected chi connectivity index (χ3v) is 4.79. The highest BCUT2D eigenvalue weighted by Crippen LogP contribution is 2.22. The van der Waals surface area contributed by atoms with E-state index in [1.165, 1.54) is 24.1 Å². The largest absolute Gasteiger partial charge is 0.372 e. The van der Waals surface area contributed by atoms with Gasteiger partial charge in [0, 0.05) is 36.3 Å². The van der Waals surface area contributed by atoms with Crippen LogP contribution in [0.3, 0.4) is 0 Å². The number of hydrogen-bond acceptors (Lipinski definition) is 5. The van der Waals surface area contributed by atoms with Crippen molar-refractivity contribution >= 4 is 28.9 Å². The van der Waals surface area contributed by atoms with Crippen molar-refractivity contribution in [1.82, 2.24) is 9.97 Å². The topological polar surface area (TPSA) is 70.2 Å². The molecule has 3 aromatic rings. The maximum atomic E-state index is 12.6. The van der Waals surface area contributed by atoms with Crippen molar-refractivity contribution in [3.05, 3.63) is 72.1 Å². The van der Waals surface area contributed by atoms with Crippen LogP contribution in [0.15, 0.2) is 60.8 Å². The van der Waals surface area contributed by atoms with E-state index in [1.807, 2.05) is 55.5 Å². The number of hydrogen-bond donors (Lipinski definition) is 2. The molecule has 1 saturated heterocycles. The lowest BCUT2D eigenvalue weighted by atomic mass is 10.2. The van der Waals surface area contributed by atoms with Crippen molar-refractivity contribution < 1.29 is 4.79 Å². The number of anilines is 4. The maximum absolute atomic E-state index is 12.6. The van der Waals surface area contributed by atoms with E-state index in [0.717, 1.165) is 24.5 Å². The molecule has 0 saturated carbocycles. The van der Waals surface area contributed by atoms with Crippen molar-refractivity contribution in [2.75, 3.05) is 28.6 Å². The number of aromatic nitrogens is 2. The summed E-state index contributed by atoms with van der Waals surface area (Å²) in [6.45, 7) is 4.23. The summed E-state index contributed by atoms with van der Waals surface area (Å²) in [5.41, 5.74) is 4.31. The molecule has 0 spiro atoms. The molecule has 0 radical (unpaired) electrons. The van der Waals surface area contributed by atoms with Crippen molar-refractivity contribution in [3.63, 3.8) is 0 Å². The number of nitrogens with one attached hydrogen (secondary N) is 2. The Bertz CT molecular complexity index is 947. The molecule has 1 aromatic heterocycles. The molecule has 2 N–H and O–H groups in total. The Morgan fingerprint density at radius 1 is 0.929 bits per heavy atom. The van der Waals surface area contributed by atoms with Crippen LogP contribution in [0, 0.1) is 6.92 Å².